The van der Waals surface area contributed by atoms with Crippen molar-refractivity contribution in [3.05, 3.63) is 64.5 Å². The number of aryl methyl sites for hydroxylation is 1. The van der Waals surface area contributed by atoms with Crippen molar-refractivity contribution >= 4 is 28.0 Å². The number of para-hydroxylation sites is 1. The third-order valence-corrected chi connectivity index (χ3v) is 5.63. The molecule has 9 heteroatoms. The Morgan fingerprint density at radius 2 is 2.00 bits per heavy atom. The molecule has 1 aliphatic heterocycles. The van der Waals surface area contributed by atoms with E-state index in [1.54, 1.807) is 19.9 Å². The minimum Gasteiger partial charge on any atom is -0.488 e. The molecule has 0 fully saturated rings. The van der Waals surface area contributed by atoms with E-state index in [1.165, 1.54) is 6.07 Å². The van der Waals surface area contributed by atoms with E-state index >= 15 is 0 Å². The van der Waals surface area contributed by atoms with Gasteiger partial charge in [-0.25, -0.2) is 4.39 Å². The lowest BCUT2D eigenvalue weighted by Crippen LogP contribution is -2.31. The zero-order chi connectivity index (χ0) is 21.3. The van der Waals surface area contributed by atoms with Gasteiger partial charge in [-0.1, -0.05) is 18.2 Å². The monoisotopic (exact) mass is 420 g/mol. The maximum absolute atomic E-state index is 14.6. The summed E-state index contributed by atoms with van der Waals surface area (Å²) in [5.74, 6) is -0.395. The summed E-state index contributed by atoms with van der Waals surface area (Å²) in [6.07, 6.45) is 1.73. The van der Waals surface area contributed by atoms with Crippen LogP contribution in [0.15, 0.2) is 42.0 Å². The van der Waals surface area contributed by atoms with Crippen LogP contribution >= 0.6 is 0 Å². The lowest BCUT2D eigenvalue weighted by atomic mass is 10.0. The predicted molar refractivity (Wildman–Crippen MR) is 108 cm³/mol. The highest BCUT2D eigenvalue weighted by atomic mass is 32.2. The first kappa shape index (κ1) is 20.8. The highest BCUT2D eigenvalue weighted by molar-refractivity contribution is 7.87. The Labute approximate surface area is 168 Å². The molecule has 0 saturated heterocycles. The molecule has 7 nitrogen and oxygen atoms in total. The number of amides is 1. The van der Waals surface area contributed by atoms with Crippen LogP contribution in [0.2, 0.25) is 0 Å². The average Bonchev–Trinajstić information content (AvgIpc) is 2.67. The zero-order valence-electron chi connectivity index (χ0n) is 16.1. The van der Waals surface area contributed by atoms with Crippen LogP contribution in [0.5, 0.6) is 5.75 Å². The van der Waals surface area contributed by atoms with Crippen molar-refractivity contribution in [2.24, 2.45) is 0 Å². The van der Waals surface area contributed by atoms with Crippen molar-refractivity contribution in [3.63, 3.8) is 0 Å². The molecule has 1 amide bonds. The second kappa shape index (κ2) is 7.84. The average molecular weight is 420 g/mol. The number of hydrogen-bond acceptors (Lipinski definition) is 4. The summed E-state index contributed by atoms with van der Waals surface area (Å²) < 4.78 is 52.6. The minimum absolute atomic E-state index is 0.00673. The molecule has 0 saturated carbocycles. The number of carbonyl (C=O) groups excluding carboxylic acids is 1. The SMILES string of the molecule is Cc1cc([C@@H](C)NC(=O)C2=Cc3ccccc3OC2)c(F)cc1N(C)S(=O)(=O)O. The number of halogens is 1. The van der Waals surface area contributed by atoms with E-state index in [0.29, 0.717) is 21.2 Å². The van der Waals surface area contributed by atoms with Gasteiger partial charge in [-0.3, -0.25) is 13.7 Å². The highest BCUT2D eigenvalue weighted by Gasteiger charge is 2.23. The Bertz CT molecular complexity index is 1100. The van der Waals surface area contributed by atoms with Gasteiger partial charge in [-0.05, 0) is 43.7 Å². The number of nitrogens with zero attached hydrogens (tertiary/aromatic N) is 1. The number of benzene rings is 2. The smallest absolute Gasteiger partial charge is 0.359 e. The van der Waals surface area contributed by atoms with E-state index in [2.05, 4.69) is 5.32 Å². The molecule has 154 valence electrons. The molecule has 1 aliphatic rings. The van der Waals surface area contributed by atoms with Crippen molar-refractivity contribution in [1.82, 2.24) is 5.32 Å². The van der Waals surface area contributed by atoms with Gasteiger partial charge in [0.2, 0.25) is 0 Å². The number of anilines is 1. The standard InChI is InChI=1S/C20H21FN2O5S/c1-12-8-16(17(21)10-18(12)23(3)29(25,26)27)13(2)22-20(24)15-9-14-6-4-5-7-19(14)28-11-15/h4-10,13H,11H2,1-3H3,(H,22,24)(H,25,26,27)/t13-/m1/s1. The third kappa shape index (κ3) is 4.41. The normalized spacial score (nSPS) is 14.3. The van der Waals surface area contributed by atoms with Gasteiger partial charge in [0.15, 0.2) is 0 Å². The van der Waals surface area contributed by atoms with Crippen molar-refractivity contribution in [2.45, 2.75) is 19.9 Å². The van der Waals surface area contributed by atoms with E-state index < -0.39 is 22.2 Å². The summed E-state index contributed by atoms with van der Waals surface area (Å²) in [6, 6.07) is 9.10. The summed E-state index contributed by atoms with van der Waals surface area (Å²) in [5.41, 5.74) is 1.83. The molecule has 0 radical (unpaired) electrons. The number of fused-ring (bicyclic) bond motifs is 1. The minimum atomic E-state index is -4.51. The van der Waals surface area contributed by atoms with Gasteiger partial charge in [-0.15, -0.1) is 0 Å². The molecule has 3 rings (SSSR count). The molecule has 0 unspecified atom stereocenters. The third-order valence-electron chi connectivity index (χ3n) is 4.74. The molecular formula is C20H21FN2O5S. The molecule has 29 heavy (non-hydrogen) atoms. The number of hydrogen-bond donors (Lipinski definition) is 2. The van der Waals surface area contributed by atoms with E-state index in [1.807, 2.05) is 24.3 Å². The summed E-state index contributed by atoms with van der Waals surface area (Å²) in [5, 5.41) is 2.74. The molecule has 2 aromatic carbocycles. The Balaban J connectivity index is 1.81. The molecular weight excluding hydrogens is 399 g/mol. The Morgan fingerprint density at radius 1 is 1.31 bits per heavy atom. The van der Waals surface area contributed by atoms with Crippen LogP contribution in [0.4, 0.5) is 10.1 Å². The first-order valence-corrected chi connectivity index (χ1v) is 10.2. The van der Waals surface area contributed by atoms with Crippen molar-refractivity contribution in [3.8, 4) is 5.75 Å². The van der Waals surface area contributed by atoms with Gasteiger partial charge in [0, 0.05) is 18.2 Å². The summed E-state index contributed by atoms with van der Waals surface area (Å²) >= 11 is 0. The Morgan fingerprint density at radius 3 is 2.69 bits per heavy atom. The molecule has 2 aromatic rings. The lowest BCUT2D eigenvalue weighted by molar-refractivity contribution is -0.118. The maximum atomic E-state index is 14.6. The quantitative estimate of drug-likeness (QED) is 0.725. The van der Waals surface area contributed by atoms with Crippen LogP contribution in [-0.4, -0.2) is 32.5 Å². The first-order chi connectivity index (χ1) is 13.6. The Hall–Kier alpha value is -2.91. The van der Waals surface area contributed by atoms with Gasteiger partial charge in [0.1, 0.15) is 18.2 Å². The van der Waals surface area contributed by atoms with E-state index in [4.69, 9.17) is 9.29 Å². The van der Waals surface area contributed by atoms with E-state index in [0.717, 1.165) is 18.7 Å². The lowest BCUT2D eigenvalue weighted by Gasteiger charge is -2.22. The fourth-order valence-electron chi connectivity index (χ4n) is 3.10. The van der Waals surface area contributed by atoms with Gasteiger partial charge in [-0.2, -0.15) is 8.42 Å². The van der Waals surface area contributed by atoms with Gasteiger partial charge in [0.05, 0.1) is 17.3 Å². The number of rotatable bonds is 5. The molecule has 2 N–H and O–H groups in total. The van der Waals surface area contributed by atoms with Crippen LogP contribution < -0.4 is 14.4 Å². The summed E-state index contributed by atoms with van der Waals surface area (Å²) in [6.45, 7) is 3.32. The second-order valence-electron chi connectivity index (χ2n) is 6.80. The van der Waals surface area contributed by atoms with Gasteiger partial charge < -0.3 is 10.1 Å². The molecule has 0 aromatic heterocycles. The van der Waals surface area contributed by atoms with Crippen LogP contribution in [0.1, 0.15) is 29.7 Å². The number of carbonyl (C=O) groups is 1. The number of nitrogens with one attached hydrogen (secondary N) is 1. The van der Waals surface area contributed by atoms with Crippen molar-refractivity contribution in [1.29, 1.82) is 0 Å². The predicted octanol–water partition coefficient (Wildman–Crippen LogP) is 3.03. The van der Waals surface area contributed by atoms with Crippen LogP contribution in [-0.2, 0) is 15.1 Å². The molecule has 0 bridgehead atoms. The summed E-state index contributed by atoms with van der Waals surface area (Å²) in [4.78, 5) is 12.6. The van der Waals surface area contributed by atoms with Crippen LogP contribution in [0.25, 0.3) is 6.08 Å². The zero-order valence-corrected chi connectivity index (χ0v) is 17.0. The number of ether oxygens (including phenoxy) is 1. The maximum Gasteiger partial charge on any atom is 0.359 e. The molecule has 1 atom stereocenters. The van der Waals surface area contributed by atoms with Gasteiger partial charge >= 0.3 is 10.3 Å². The van der Waals surface area contributed by atoms with E-state index in [-0.39, 0.29) is 23.8 Å². The molecule has 1 heterocycles. The fraction of sp³-hybridized carbons (Fsp3) is 0.250. The molecule has 0 aliphatic carbocycles. The van der Waals surface area contributed by atoms with Crippen LogP contribution in [0.3, 0.4) is 0 Å². The van der Waals surface area contributed by atoms with Crippen molar-refractivity contribution in [2.75, 3.05) is 18.0 Å². The second-order valence-corrected chi connectivity index (χ2v) is 8.24. The topological polar surface area (TPSA) is 95.9 Å². The van der Waals surface area contributed by atoms with Crippen molar-refractivity contribution < 1.29 is 26.9 Å². The largest absolute Gasteiger partial charge is 0.488 e. The van der Waals surface area contributed by atoms with Crippen LogP contribution in [0, 0.1) is 12.7 Å². The Kier molecular flexibility index (Phi) is 5.63. The first-order valence-electron chi connectivity index (χ1n) is 8.82. The highest BCUT2D eigenvalue weighted by Crippen LogP contribution is 2.29. The molecule has 0 spiro atoms. The van der Waals surface area contributed by atoms with E-state index in [9.17, 15) is 17.6 Å². The summed E-state index contributed by atoms with van der Waals surface area (Å²) in [7, 11) is -3.39. The van der Waals surface area contributed by atoms with Gasteiger partial charge in [0.25, 0.3) is 5.91 Å². The fourth-order valence-corrected chi connectivity index (χ4v) is 3.55.